The Morgan fingerprint density at radius 2 is 1.84 bits per heavy atom. The summed E-state index contributed by atoms with van der Waals surface area (Å²) in [5.74, 6) is -0.781. The van der Waals surface area contributed by atoms with Gasteiger partial charge >= 0.3 is 6.18 Å². The second kappa shape index (κ2) is 10.1. The maximum Gasteiger partial charge on any atom is 0.417 e. The van der Waals surface area contributed by atoms with Crippen molar-refractivity contribution in [1.29, 1.82) is 0 Å². The number of aromatic nitrogens is 1. The second-order valence-corrected chi connectivity index (χ2v) is 8.30. The normalized spacial score (nSPS) is 14.6. The average Bonchev–Trinajstić information content (AvgIpc) is 3.26. The summed E-state index contributed by atoms with van der Waals surface area (Å²) in [6.07, 6.45) is 0.0254. The Balaban J connectivity index is 1.58. The van der Waals surface area contributed by atoms with Gasteiger partial charge in [-0.3, -0.25) is 9.59 Å². The largest absolute Gasteiger partial charge is 0.417 e. The van der Waals surface area contributed by atoms with Crippen LogP contribution in [0.3, 0.4) is 0 Å². The van der Waals surface area contributed by atoms with E-state index in [1.165, 1.54) is 40.6 Å². The molecule has 1 aromatic heterocycles. The van der Waals surface area contributed by atoms with Gasteiger partial charge in [0.2, 0.25) is 0 Å². The second-order valence-electron chi connectivity index (χ2n) is 7.29. The van der Waals surface area contributed by atoms with Crippen LogP contribution in [0.25, 0.3) is 0 Å². The predicted octanol–water partition coefficient (Wildman–Crippen LogP) is 4.04. The van der Waals surface area contributed by atoms with Gasteiger partial charge in [0.1, 0.15) is 4.88 Å². The zero-order chi connectivity index (χ0) is 22.4. The molecule has 0 bridgehead atoms. The molecule has 2 heterocycles. The maximum atomic E-state index is 13.2. The lowest BCUT2D eigenvalue weighted by atomic mass is 10.1. The highest BCUT2D eigenvalue weighted by Gasteiger charge is 2.36. The average molecular weight is 455 g/mol. The number of hydrogen-bond donors (Lipinski definition) is 1. The third kappa shape index (κ3) is 5.75. The number of benzene rings is 1. The van der Waals surface area contributed by atoms with E-state index < -0.39 is 17.6 Å². The number of unbranched alkanes of at least 4 members (excludes halogenated alkanes) is 2. The van der Waals surface area contributed by atoms with Gasteiger partial charge in [-0.2, -0.15) is 13.2 Å². The van der Waals surface area contributed by atoms with Gasteiger partial charge in [-0.05, 0) is 18.6 Å². The zero-order valence-corrected chi connectivity index (χ0v) is 18.1. The number of nitrogens with zero attached hydrogens (tertiary/aromatic N) is 3. The quantitative estimate of drug-likeness (QED) is 0.642. The zero-order valence-electron chi connectivity index (χ0n) is 17.2. The highest BCUT2D eigenvalue weighted by atomic mass is 32.1. The summed E-state index contributed by atoms with van der Waals surface area (Å²) in [5.41, 5.74) is -1.25. The molecule has 0 atom stereocenters. The summed E-state index contributed by atoms with van der Waals surface area (Å²) in [7, 11) is 0. The number of piperazine rings is 1. The fourth-order valence-electron chi connectivity index (χ4n) is 3.37. The predicted molar refractivity (Wildman–Crippen MR) is 114 cm³/mol. The smallest absolute Gasteiger partial charge is 0.351 e. The summed E-state index contributed by atoms with van der Waals surface area (Å²) >= 11 is 1.27. The molecule has 10 heteroatoms. The first-order chi connectivity index (χ1) is 14.8. The van der Waals surface area contributed by atoms with E-state index in [0.29, 0.717) is 29.6 Å². The van der Waals surface area contributed by atoms with Gasteiger partial charge in [0.25, 0.3) is 11.8 Å². The molecule has 0 spiro atoms. The molecule has 0 saturated carbocycles. The van der Waals surface area contributed by atoms with Gasteiger partial charge in [-0.15, -0.1) is 0 Å². The lowest BCUT2D eigenvalue weighted by molar-refractivity contribution is -0.138. The topological polar surface area (TPSA) is 65.5 Å². The molecule has 31 heavy (non-hydrogen) atoms. The number of halogens is 3. The maximum absolute atomic E-state index is 13.2. The molecule has 2 amide bonds. The highest BCUT2D eigenvalue weighted by Crippen LogP contribution is 2.32. The SMILES string of the molecule is CCCCCNC(=O)c1cnc(N2CCN(C(=O)c3ccccc3C(F)(F)F)CC2)s1. The summed E-state index contributed by atoms with van der Waals surface area (Å²) in [4.78, 5) is 33.1. The van der Waals surface area contributed by atoms with E-state index in [9.17, 15) is 22.8 Å². The first kappa shape index (κ1) is 23.1. The van der Waals surface area contributed by atoms with Crippen LogP contribution in [0, 0.1) is 0 Å². The van der Waals surface area contributed by atoms with Gasteiger partial charge in [0.05, 0.1) is 17.3 Å². The molecule has 0 unspecified atom stereocenters. The number of amides is 2. The van der Waals surface area contributed by atoms with Crippen molar-refractivity contribution in [3.63, 3.8) is 0 Å². The van der Waals surface area contributed by atoms with Gasteiger partial charge in [0.15, 0.2) is 5.13 Å². The molecule has 2 aromatic rings. The number of carbonyl (C=O) groups excluding carboxylic acids is 2. The molecule has 168 valence electrons. The fourth-order valence-corrected chi connectivity index (χ4v) is 4.25. The van der Waals surface area contributed by atoms with Crippen LogP contribution in [0.4, 0.5) is 18.3 Å². The van der Waals surface area contributed by atoms with E-state index in [-0.39, 0.29) is 24.6 Å². The Hall–Kier alpha value is -2.62. The summed E-state index contributed by atoms with van der Waals surface area (Å²) in [5, 5.41) is 3.54. The molecule has 1 N–H and O–H groups in total. The number of hydrogen-bond acceptors (Lipinski definition) is 5. The van der Waals surface area contributed by atoms with Crippen molar-refractivity contribution in [3.8, 4) is 0 Å². The van der Waals surface area contributed by atoms with E-state index in [1.54, 1.807) is 0 Å². The van der Waals surface area contributed by atoms with Gasteiger partial charge in [-0.25, -0.2) is 4.98 Å². The minimum absolute atomic E-state index is 0.155. The number of alkyl halides is 3. The number of carbonyl (C=O) groups is 2. The molecule has 1 aromatic carbocycles. The van der Waals surface area contributed by atoms with Gasteiger partial charge in [0, 0.05) is 32.7 Å². The van der Waals surface area contributed by atoms with Crippen LogP contribution >= 0.6 is 11.3 Å². The van der Waals surface area contributed by atoms with Crippen molar-refractivity contribution >= 4 is 28.3 Å². The van der Waals surface area contributed by atoms with Gasteiger partial charge in [-0.1, -0.05) is 43.2 Å². The molecular formula is C21H25F3N4O2S. The first-order valence-electron chi connectivity index (χ1n) is 10.3. The number of thiazole rings is 1. The number of rotatable bonds is 7. The molecule has 1 fully saturated rings. The van der Waals surface area contributed by atoms with Crippen molar-refractivity contribution in [2.45, 2.75) is 32.4 Å². The molecular weight excluding hydrogens is 429 g/mol. The molecule has 1 aliphatic heterocycles. The van der Waals surface area contributed by atoms with E-state index in [4.69, 9.17) is 0 Å². The molecule has 6 nitrogen and oxygen atoms in total. The standard InChI is InChI=1S/C21H25F3N4O2S/c1-2-3-6-9-25-18(29)17-14-26-20(31-17)28-12-10-27(11-13-28)19(30)15-7-4-5-8-16(15)21(22,23)24/h4-5,7-8,14H,2-3,6,9-13H2,1H3,(H,25,29). The summed E-state index contributed by atoms with van der Waals surface area (Å²) in [6.45, 7) is 4.15. The summed E-state index contributed by atoms with van der Waals surface area (Å²) in [6, 6.07) is 4.85. The van der Waals surface area contributed by atoms with Gasteiger partial charge < -0.3 is 15.1 Å². The number of anilines is 1. The molecule has 3 rings (SSSR count). The Morgan fingerprint density at radius 1 is 1.13 bits per heavy atom. The van der Waals surface area contributed by atoms with Crippen LogP contribution in [0.5, 0.6) is 0 Å². The Kier molecular flexibility index (Phi) is 7.53. The Morgan fingerprint density at radius 3 is 2.52 bits per heavy atom. The molecule has 0 aliphatic carbocycles. The van der Waals surface area contributed by atoms with Crippen LogP contribution in [0.2, 0.25) is 0 Å². The Bertz CT molecular complexity index is 908. The van der Waals surface area contributed by atoms with E-state index in [0.717, 1.165) is 25.3 Å². The molecule has 1 aliphatic rings. The van der Waals surface area contributed by atoms with Crippen molar-refractivity contribution in [1.82, 2.24) is 15.2 Å². The third-order valence-corrected chi connectivity index (χ3v) is 6.14. The molecule has 1 saturated heterocycles. The van der Waals surface area contributed by atoms with E-state index >= 15 is 0 Å². The van der Waals surface area contributed by atoms with Crippen molar-refractivity contribution < 1.29 is 22.8 Å². The monoisotopic (exact) mass is 454 g/mol. The summed E-state index contributed by atoms with van der Waals surface area (Å²) < 4.78 is 39.7. The van der Waals surface area contributed by atoms with Crippen LogP contribution in [-0.4, -0.2) is 54.4 Å². The first-order valence-corrected chi connectivity index (χ1v) is 11.1. The van der Waals surface area contributed by atoms with E-state index in [2.05, 4.69) is 17.2 Å². The lowest BCUT2D eigenvalue weighted by Gasteiger charge is -2.35. The minimum atomic E-state index is -4.58. The fraction of sp³-hybridized carbons (Fsp3) is 0.476. The third-order valence-electron chi connectivity index (χ3n) is 5.08. The van der Waals surface area contributed by atoms with E-state index in [1.807, 2.05) is 4.90 Å². The van der Waals surface area contributed by atoms with Crippen LogP contribution < -0.4 is 10.2 Å². The van der Waals surface area contributed by atoms with Crippen molar-refractivity contribution in [2.75, 3.05) is 37.6 Å². The minimum Gasteiger partial charge on any atom is -0.351 e. The lowest BCUT2D eigenvalue weighted by Crippen LogP contribution is -2.49. The molecule has 0 radical (unpaired) electrons. The Labute approximate surface area is 183 Å². The number of nitrogens with one attached hydrogen (secondary N) is 1. The van der Waals surface area contributed by atoms with Crippen LogP contribution in [-0.2, 0) is 6.18 Å². The van der Waals surface area contributed by atoms with Crippen molar-refractivity contribution in [2.24, 2.45) is 0 Å². The van der Waals surface area contributed by atoms with Crippen LogP contribution in [0.1, 0.15) is 51.8 Å². The van der Waals surface area contributed by atoms with Crippen LogP contribution in [0.15, 0.2) is 30.5 Å². The highest BCUT2D eigenvalue weighted by molar-refractivity contribution is 7.17. The van der Waals surface area contributed by atoms with Crippen molar-refractivity contribution in [3.05, 3.63) is 46.5 Å².